The number of carbonyl (C=O) groups is 1. The monoisotopic (exact) mass is 419 g/mol. The normalized spacial score (nSPS) is 10.9. The van der Waals surface area contributed by atoms with Crippen molar-refractivity contribution in [1.82, 2.24) is 14.5 Å². The number of para-hydroxylation sites is 2. The zero-order valence-corrected chi connectivity index (χ0v) is 17.6. The molecule has 4 aromatic rings. The van der Waals surface area contributed by atoms with E-state index in [9.17, 15) is 4.79 Å². The molecule has 0 saturated heterocycles. The van der Waals surface area contributed by atoms with Crippen molar-refractivity contribution in [1.29, 1.82) is 0 Å². The van der Waals surface area contributed by atoms with E-state index >= 15 is 0 Å². The van der Waals surface area contributed by atoms with Gasteiger partial charge < -0.3 is 9.47 Å². The van der Waals surface area contributed by atoms with Gasteiger partial charge in [-0.2, -0.15) is 0 Å². The van der Waals surface area contributed by atoms with Gasteiger partial charge in [0.2, 0.25) is 0 Å². The summed E-state index contributed by atoms with van der Waals surface area (Å²) in [6, 6.07) is 17.9. The first kappa shape index (κ1) is 20.0. The van der Waals surface area contributed by atoms with Crippen molar-refractivity contribution in [3.8, 4) is 22.6 Å². The molecule has 0 amide bonds. The van der Waals surface area contributed by atoms with Crippen LogP contribution in [0, 0.1) is 0 Å². The molecule has 2 aromatic heterocycles. The Labute approximate surface area is 178 Å². The fraction of sp³-hybridized carbons (Fsp3) is 0.174. The van der Waals surface area contributed by atoms with Crippen molar-refractivity contribution in [3.63, 3.8) is 0 Å². The molecule has 0 unspecified atom stereocenters. The third-order valence-electron chi connectivity index (χ3n) is 4.61. The van der Waals surface area contributed by atoms with Gasteiger partial charge in [0, 0.05) is 11.8 Å². The van der Waals surface area contributed by atoms with Crippen LogP contribution in [0.5, 0.6) is 5.75 Å². The minimum absolute atomic E-state index is 0.189. The van der Waals surface area contributed by atoms with Gasteiger partial charge in [0.05, 0.1) is 30.5 Å². The molecule has 0 aliphatic rings. The molecule has 4 rings (SSSR count). The molecule has 6 nitrogen and oxygen atoms in total. The summed E-state index contributed by atoms with van der Waals surface area (Å²) < 4.78 is 12.6. The van der Waals surface area contributed by atoms with E-state index < -0.39 is 0 Å². The molecule has 0 saturated carbocycles. The standard InChI is InChI=1S/C23H21N3O3S/c1-3-29-20(27)14-30-23-21-17(16-9-5-4-6-10-16)13-26(22(21)24-15-25-23)18-11-7-8-12-19(18)28-2/h4-13,15H,3,14H2,1-2H3. The second-order valence-electron chi connectivity index (χ2n) is 6.42. The number of thioether (sulfide) groups is 1. The number of ether oxygens (including phenoxy) is 2. The average molecular weight is 420 g/mol. The summed E-state index contributed by atoms with van der Waals surface area (Å²) >= 11 is 1.36. The number of hydrogen-bond donors (Lipinski definition) is 0. The molecule has 2 aromatic carbocycles. The zero-order chi connectivity index (χ0) is 20.9. The molecule has 0 aliphatic carbocycles. The fourth-order valence-corrected chi connectivity index (χ4v) is 4.13. The van der Waals surface area contributed by atoms with Crippen molar-refractivity contribution >= 4 is 28.8 Å². The van der Waals surface area contributed by atoms with E-state index in [1.54, 1.807) is 14.0 Å². The number of hydrogen-bond acceptors (Lipinski definition) is 6. The molecule has 30 heavy (non-hydrogen) atoms. The summed E-state index contributed by atoms with van der Waals surface area (Å²) in [5.41, 5.74) is 3.67. The van der Waals surface area contributed by atoms with Crippen molar-refractivity contribution < 1.29 is 14.3 Å². The predicted octanol–water partition coefficient (Wildman–Crippen LogP) is 4.75. The van der Waals surface area contributed by atoms with Crippen LogP contribution in [0.2, 0.25) is 0 Å². The summed E-state index contributed by atoms with van der Waals surface area (Å²) in [6.07, 6.45) is 3.57. The molecule has 0 spiro atoms. The smallest absolute Gasteiger partial charge is 0.316 e. The topological polar surface area (TPSA) is 66.2 Å². The van der Waals surface area contributed by atoms with Crippen LogP contribution in [0.1, 0.15) is 6.92 Å². The van der Waals surface area contributed by atoms with E-state index in [0.29, 0.717) is 6.61 Å². The van der Waals surface area contributed by atoms with E-state index in [-0.39, 0.29) is 11.7 Å². The van der Waals surface area contributed by atoms with Gasteiger partial charge in [0.25, 0.3) is 0 Å². The lowest BCUT2D eigenvalue weighted by molar-refractivity contribution is -0.139. The molecule has 0 aliphatic heterocycles. The molecule has 152 valence electrons. The third kappa shape index (κ3) is 3.89. The molecule has 0 radical (unpaired) electrons. The summed E-state index contributed by atoms with van der Waals surface area (Å²) in [5.74, 6) is 0.668. The van der Waals surface area contributed by atoms with Gasteiger partial charge in [-0.15, -0.1) is 0 Å². The van der Waals surface area contributed by atoms with Gasteiger partial charge in [-0.05, 0) is 24.6 Å². The number of methoxy groups -OCH3 is 1. The van der Waals surface area contributed by atoms with E-state index in [0.717, 1.165) is 38.6 Å². The Kier molecular flexibility index (Phi) is 5.99. The highest BCUT2D eigenvalue weighted by atomic mass is 32.2. The van der Waals surface area contributed by atoms with Crippen LogP contribution in [0.3, 0.4) is 0 Å². The zero-order valence-electron chi connectivity index (χ0n) is 16.7. The second kappa shape index (κ2) is 9.00. The minimum Gasteiger partial charge on any atom is -0.495 e. The van der Waals surface area contributed by atoms with Gasteiger partial charge in [0.1, 0.15) is 22.7 Å². The number of benzene rings is 2. The van der Waals surface area contributed by atoms with Gasteiger partial charge in [-0.25, -0.2) is 9.97 Å². The Hall–Kier alpha value is -3.32. The average Bonchev–Trinajstić information content (AvgIpc) is 3.18. The molecule has 0 atom stereocenters. The first-order chi connectivity index (χ1) is 14.7. The number of fused-ring (bicyclic) bond motifs is 1. The first-order valence-electron chi connectivity index (χ1n) is 9.56. The van der Waals surface area contributed by atoms with Gasteiger partial charge in [0.15, 0.2) is 0 Å². The third-order valence-corrected chi connectivity index (χ3v) is 5.57. The highest BCUT2D eigenvalue weighted by Gasteiger charge is 2.19. The van der Waals surface area contributed by atoms with E-state index in [2.05, 4.69) is 9.97 Å². The Bertz CT molecular complexity index is 1180. The Morgan fingerprint density at radius 1 is 1.07 bits per heavy atom. The lowest BCUT2D eigenvalue weighted by atomic mass is 10.1. The van der Waals surface area contributed by atoms with Gasteiger partial charge in [-0.3, -0.25) is 9.36 Å². The Morgan fingerprint density at radius 3 is 2.60 bits per heavy atom. The lowest BCUT2D eigenvalue weighted by Crippen LogP contribution is -2.06. The van der Waals surface area contributed by atoms with Crippen LogP contribution >= 0.6 is 11.8 Å². The van der Waals surface area contributed by atoms with Crippen LogP contribution in [-0.4, -0.2) is 40.0 Å². The Morgan fingerprint density at radius 2 is 1.83 bits per heavy atom. The van der Waals surface area contributed by atoms with E-state index in [4.69, 9.17) is 9.47 Å². The highest BCUT2D eigenvalue weighted by Crippen LogP contribution is 2.38. The summed E-state index contributed by atoms with van der Waals surface area (Å²) in [6.45, 7) is 2.16. The van der Waals surface area contributed by atoms with Crippen LogP contribution in [-0.2, 0) is 9.53 Å². The SMILES string of the molecule is CCOC(=O)CSc1ncnc2c1c(-c1ccccc1)cn2-c1ccccc1OC. The Balaban J connectivity index is 1.91. The second-order valence-corrected chi connectivity index (χ2v) is 7.39. The molecule has 0 fully saturated rings. The highest BCUT2D eigenvalue weighted by molar-refractivity contribution is 8.00. The van der Waals surface area contributed by atoms with Gasteiger partial charge >= 0.3 is 5.97 Å². The van der Waals surface area contributed by atoms with Crippen molar-refractivity contribution in [2.24, 2.45) is 0 Å². The lowest BCUT2D eigenvalue weighted by Gasteiger charge is -2.10. The molecule has 0 bridgehead atoms. The van der Waals surface area contributed by atoms with Gasteiger partial charge in [-0.1, -0.05) is 54.2 Å². The largest absolute Gasteiger partial charge is 0.495 e. The van der Waals surface area contributed by atoms with Crippen LogP contribution in [0.25, 0.3) is 27.8 Å². The molecule has 7 heteroatoms. The molecule has 2 heterocycles. The molecule has 0 N–H and O–H groups in total. The fourth-order valence-electron chi connectivity index (χ4n) is 3.32. The quantitative estimate of drug-likeness (QED) is 0.245. The summed E-state index contributed by atoms with van der Waals surface area (Å²) in [7, 11) is 1.65. The molecular formula is C23H21N3O3S. The maximum atomic E-state index is 11.9. The maximum absolute atomic E-state index is 11.9. The molecular weight excluding hydrogens is 398 g/mol. The maximum Gasteiger partial charge on any atom is 0.316 e. The van der Waals surface area contributed by atoms with E-state index in [1.165, 1.54) is 18.1 Å². The van der Waals surface area contributed by atoms with Crippen LogP contribution in [0.4, 0.5) is 0 Å². The van der Waals surface area contributed by atoms with Crippen LogP contribution < -0.4 is 4.74 Å². The number of rotatable bonds is 7. The minimum atomic E-state index is -0.264. The van der Waals surface area contributed by atoms with Crippen molar-refractivity contribution in [3.05, 3.63) is 67.1 Å². The summed E-state index contributed by atoms with van der Waals surface area (Å²) in [4.78, 5) is 21.0. The summed E-state index contributed by atoms with van der Waals surface area (Å²) in [5, 5.41) is 1.63. The number of nitrogens with zero attached hydrogens (tertiary/aromatic N) is 3. The van der Waals surface area contributed by atoms with Crippen molar-refractivity contribution in [2.75, 3.05) is 19.5 Å². The predicted molar refractivity (Wildman–Crippen MR) is 118 cm³/mol. The van der Waals surface area contributed by atoms with Crippen LogP contribution in [0.15, 0.2) is 72.1 Å². The number of aromatic nitrogens is 3. The number of esters is 1. The van der Waals surface area contributed by atoms with E-state index in [1.807, 2.05) is 65.4 Å². The number of carbonyl (C=O) groups excluding carboxylic acids is 1. The first-order valence-corrected chi connectivity index (χ1v) is 10.5. The van der Waals surface area contributed by atoms with Crippen molar-refractivity contribution in [2.45, 2.75) is 11.9 Å².